The van der Waals surface area contributed by atoms with E-state index in [0.29, 0.717) is 23.3 Å². The number of phenolic OH excluding ortho intramolecular Hbond substituents is 2. The van der Waals surface area contributed by atoms with Crippen LogP contribution >= 0.6 is 11.8 Å². The van der Waals surface area contributed by atoms with Crippen LogP contribution in [0.1, 0.15) is 117 Å². The summed E-state index contributed by atoms with van der Waals surface area (Å²) in [5.74, 6) is 3.98. The SMILES string of the molecule is Cc1cc(CSCc2cc(C3CCCC3)c(O)c(C(C)(C)C)c2)cc(C2CCCC2)c1O. The van der Waals surface area contributed by atoms with Crippen molar-refractivity contribution in [2.75, 3.05) is 0 Å². The van der Waals surface area contributed by atoms with Gasteiger partial charge >= 0.3 is 0 Å². The summed E-state index contributed by atoms with van der Waals surface area (Å²) in [5, 5.41) is 21.7. The molecule has 0 bridgehead atoms. The zero-order valence-corrected chi connectivity index (χ0v) is 21.2. The Labute approximate surface area is 198 Å². The van der Waals surface area contributed by atoms with Crippen molar-refractivity contribution in [3.63, 3.8) is 0 Å². The molecule has 2 saturated carbocycles. The Morgan fingerprint density at radius 2 is 1.22 bits per heavy atom. The van der Waals surface area contributed by atoms with Gasteiger partial charge in [0.15, 0.2) is 0 Å². The van der Waals surface area contributed by atoms with E-state index in [9.17, 15) is 10.2 Å². The fraction of sp³-hybridized carbons (Fsp3) is 0.586. The van der Waals surface area contributed by atoms with Crippen LogP contribution in [0.3, 0.4) is 0 Å². The van der Waals surface area contributed by atoms with Gasteiger partial charge in [0, 0.05) is 11.5 Å². The lowest BCUT2D eigenvalue weighted by atomic mass is 9.82. The Bertz CT molecular complexity index is 945. The molecule has 2 nitrogen and oxygen atoms in total. The summed E-state index contributed by atoms with van der Waals surface area (Å²) >= 11 is 1.94. The highest BCUT2D eigenvalue weighted by Gasteiger charge is 2.27. The minimum atomic E-state index is -0.0671. The second-order valence-electron chi connectivity index (χ2n) is 11.1. The van der Waals surface area contributed by atoms with E-state index in [1.54, 1.807) is 0 Å². The maximum absolute atomic E-state index is 11.1. The first-order valence-corrected chi connectivity index (χ1v) is 13.7. The van der Waals surface area contributed by atoms with Crippen LogP contribution in [-0.2, 0) is 16.9 Å². The van der Waals surface area contributed by atoms with Crippen LogP contribution in [0.25, 0.3) is 0 Å². The number of aryl methyl sites for hydroxylation is 1. The van der Waals surface area contributed by atoms with E-state index in [0.717, 1.165) is 22.6 Å². The lowest BCUT2D eigenvalue weighted by Gasteiger charge is -2.25. The van der Waals surface area contributed by atoms with E-state index in [-0.39, 0.29) is 5.41 Å². The van der Waals surface area contributed by atoms with E-state index in [4.69, 9.17) is 0 Å². The average Bonchev–Trinajstić information content (AvgIpc) is 3.45. The first-order valence-electron chi connectivity index (χ1n) is 12.5. The van der Waals surface area contributed by atoms with E-state index in [1.165, 1.54) is 73.6 Å². The topological polar surface area (TPSA) is 40.5 Å². The van der Waals surface area contributed by atoms with Gasteiger partial charge in [0.05, 0.1) is 0 Å². The Morgan fingerprint density at radius 1 is 0.750 bits per heavy atom. The number of rotatable bonds is 6. The highest BCUT2D eigenvalue weighted by molar-refractivity contribution is 7.97. The standard InChI is InChI=1S/C29H40O2S/c1-19-13-20(14-24(27(19)30)22-9-5-6-10-22)17-32-18-21-15-25(23-11-7-8-12-23)28(31)26(16-21)29(2,3)4/h13-16,22-23,30-31H,5-12,17-18H2,1-4H3. The quantitative estimate of drug-likeness (QED) is 0.462. The lowest BCUT2D eigenvalue weighted by molar-refractivity contribution is 0.434. The fourth-order valence-corrected chi connectivity index (χ4v) is 6.63. The molecular weight excluding hydrogens is 412 g/mol. The number of hydrogen-bond donors (Lipinski definition) is 2. The van der Waals surface area contributed by atoms with Crippen LogP contribution in [0, 0.1) is 6.92 Å². The molecule has 2 aliphatic carbocycles. The van der Waals surface area contributed by atoms with E-state index in [2.05, 4.69) is 45.0 Å². The van der Waals surface area contributed by atoms with Crippen molar-refractivity contribution in [2.24, 2.45) is 0 Å². The molecular formula is C29H40O2S. The van der Waals surface area contributed by atoms with Gasteiger partial charge in [-0.25, -0.2) is 0 Å². The van der Waals surface area contributed by atoms with Crippen molar-refractivity contribution in [2.45, 2.75) is 108 Å². The molecule has 174 valence electrons. The highest BCUT2D eigenvalue weighted by atomic mass is 32.2. The molecule has 0 aliphatic heterocycles. The maximum atomic E-state index is 11.1. The summed E-state index contributed by atoms with van der Waals surface area (Å²) in [6, 6.07) is 8.92. The third-order valence-corrected chi connectivity index (χ3v) is 8.60. The molecule has 0 radical (unpaired) electrons. The monoisotopic (exact) mass is 452 g/mol. The first kappa shape index (κ1) is 23.5. The Morgan fingerprint density at radius 3 is 1.72 bits per heavy atom. The second-order valence-corrected chi connectivity index (χ2v) is 12.1. The van der Waals surface area contributed by atoms with E-state index in [1.807, 2.05) is 18.7 Å². The maximum Gasteiger partial charge on any atom is 0.122 e. The van der Waals surface area contributed by atoms with Crippen molar-refractivity contribution in [3.8, 4) is 11.5 Å². The van der Waals surface area contributed by atoms with Crippen molar-refractivity contribution in [1.82, 2.24) is 0 Å². The summed E-state index contributed by atoms with van der Waals surface area (Å²) in [4.78, 5) is 0. The predicted octanol–water partition coefficient (Wildman–Crippen LogP) is 8.45. The van der Waals surface area contributed by atoms with Gasteiger partial charge in [0.2, 0.25) is 0 Å². The highest BCUT2D eigenvalue weighted by Crippen LogP contribution is 2.44. The molecule has 0 heterocycles. The number of hydrogen-bond acceptors (Lipinski definition) is 3. The molecule has 0 unspecified atom stereocenters. The van der Waals surface area contributed by atoms with Crippen LogP contribution in [-0.4, -0.2) is 10.2 Å². The van der Waals surface area contributed by atoms with E-state index >= 15 is 0 Å². The van der Waals surface area contributed by atoms with Crippen LogP contribution in [0.5, 0.6) is 11.5 Å². The van der Waals surface area contributed by atoms with Gasteiger partial charge in [-0.2, -0.15) is 11.8 Å². The summed E-state index contributed by atoms with van der Waals surface area (Å²) in [5.41, 5.74) is 7.01. The average molecular weight is 453 g/mol. The van der Waals surface area contributed by atoms with Crippen molar-refractivity contribution < 1.29 is 10.2 Å². The molecule has 0 atom stereocenters. The molecule has 4 rings (SSSR count). The summed E-state index contributed by atoms with van der Waals surface area (Å²) in [6.45, 7) is 8.62. The first-order chi connectivity index (χ1) is 15.2. The van der Waals surface area contributed by atoms with Crippen LogP contribution in [0.4, 0.5) is 0 Å². The van der Waals surface area contributed by atoms with Gasteiger partial charge in [-0.15, -0.1) is 0 Å². The predicted molar refractivity (Wildman–Crippen MR) is 137 cm³/mol. The molecule has 3 heteroatoms. The Balaban J connectivity index is 1.52. The minimum Gasteiger partial charge on any atom is -0.507 e. The van der Waals surface area contributed by atoms with E-state index < -0.39 is 0 Å². The third-order valence-electron chi connectivity index (χ3n) is 7.52. The summed E-state index contributed by atoms with van der Waals surface area (Å²) in [7, 11) is 0. The lowest BCUT2D eigenvalue weighted by Crippen LogP contribution is -2.13. The number of phenols is 2. The Hall–Kier alpha value is -1.61. The molecule has 2 aromatic carbocycles. The number of aromatic hydroxyl groups is 2. The van der Waals surface area contributed by atoms with Crippen LogP contribution in [0.15, 0.2) is 24.3 Å². The normalized spacial score (nSPS) is 18.0. The van der Waals surface area contributed by atoms with Crippen LogP contribution < -0.4 is 0 Å². The van der Waals surface area contributed by atoms with Gasteiger partial charge in [0.1, 0.15) is 11.5 Å². The van der Waals surface area contributed by atoms with Gasteiger partial charge in [0.25, 0.3) is 0 Å². The zero-order valence-electron chi connectivity index (χ0n) is 20.3. The third kappa shape index (κ3) is 5.14. The summed E-state index contributed by atoms with van der Waals surface area (Å²) < 4.78 is 0. The molecule has 0 saturated heterocycles. The molecule has 0 aromatic heterocycles. The van der Waals surface area contributed by atoms with Gasteiger partial charge in [-0.1, -0.05) is 70.7 Å². The van der Waals surface area contributed by atoms with Crippen molar-refractivity contribution in [1.29, 1.82) is 0 Å². The molecule has 2 fully saturated rings. The van der Waals surface area contributed by atoms with Crippen LogP contribution in [0.2, 0.25) is 0 Å². The zero-order chi connectivity index (χ0) is 22.9. The largest absolute Gasteiger partial charge is 0.507 e. The van der Waals surface area contributed by atoms with Gasteiger partial charge < -0.3 is 10.2 Å². The summed E-state index contributed by atoms with van der Waals surface area (Å²) in [6.07, 6.45) is 9.92. The second kappa shape index (κ2) is 9.71. The molecule has 0 amide bonds. The van der Waals surface area contributed by atoms with Crippen molar-refractivity contribution >= 4 is 11.8 Å². The molecule has 2 aromatic rings. The van der Waals surface area contributed by atoms with Gasteiger partial charge in [-0.05, 0) is 83.2 Å². The van der Waals surface area contributed by atoms with Gasteiger partial charge in [-0.3, -0.25) is 0 Å². The molecule has 2 aliphatic rings. The number of thioether (sulfide) groups is 1. The minimum absolute atomic E-state index is 0.0671. The molecule has 2 N–H and O–H groups in total. The Kier molecular flexibility index (Phi) is 7.14. The molecule has 0 spiro atoms. The van der Waals surface area contributed by atoms with Crippen molar-refractivity contribution in [3.05, 3.63) is 57.6 Å². The smallest absolute Gasteiger partial charge is 0.122 e. The number of benzene rings is 2. The molecule has 32 heavy (non-hydrogen) atoms. The fourth-order valence-electron chi connectivity index (χ4n) is 5.72.